The quantitative estimate of drug-likeness (QED) is 0.525. The molecule has 0 spiro atoms. The van der Waals surface area contributed by atoms with Crippen molar-refractivity contribution in [2.45, 2.75) is 57.1 Å². The largest absolute Gasteiger partial charge is 0.491 e. The van der Waals surface area contributed by atoms with Crippen LogP contribution in [0.25, 0.3) is 11.0 Å². The Morgan fingerprint density at radius 1 is 1.09 bits per heavy atom. The summed E-state index contributed by atoms with van der Waals surface area (Å²) in [6.45, 7) is 7.80. The summed E-state index contributed by atoms with van der Waals surface area (Å²) in [5, 5.41) is 1.12. The van der Waals surface area contributed by atoms with Crippen LogP contribution in [0.4, 0.5) is 0 Å². The minimum Gasteiger partial charge on any atom is -0.491 e. The number of aryl methyl sites for hydroxylation is 1. The summed E-state index contributed by atoms with van der Waals surface area (Å²) in [5.74, 6) is 1.58. The van der Waals surface area contributed by atoms with Gasteiger partial charge in [0.15, 0.2) is 0 Å². The smallest absolute Gasteiger partial charge is 0.243 e. The summed E-state index contributed by atoms with van der Waals surface area (Å²) < 4.78 is 41.0. The van der Waals surface area contributed by atoms with E-state index in [2.05, 4.69) is 28.7 Å². The SMILES string of the molecule is CCn1cc(C2CCN(S(=O)(=O)c3ccc(OC(C)C)cc3)CC2)c2ccc(OC)nc21. The molecule has 3 heterocycles. The average molecular weight is 458 g/mol. The summed E-state index contributed by atoms with van der Waals surface area (Å²) in [7, 11) is -1.90. The maximum absolute atomic E-state index is 13.2. The van der Waals surface area contributed by atoms with Gasteiger partial charge in [-0.15, -0.1) is 0 Å². The zero-order chi connectivity index (χ0) is 22.9. The lowest BCUT2D eigenvalue weighted by atomic mass is 9.90. The van der Waals surface area contributed by atoms with Gasteiger partial charge in [0.1, 0.15) is 11.4 Å². The average Bonchev–Trinajstić information content (AvgIpc) is 3.17. The monoisotopic (exact) mass is 457 g/mol. The number of piperidine rings is 1. The minimum absolute atomic E-state index is 0.0476. The Morgan fingerprint density at radius 2 is 1.78 bits per heavy atom. The van der Waals surface area contributed by atoms with E-state index < -0.39 is 10.0 Å². The van der Waals surface area contributed by atoms with E-state index in [-0.39, 0.29) is 6.10 Å². The van der Waals surface area contributed by atoms with Gasteiger partial charge in [0.2, 0.25) is 15.9 Å². The predicted molar refractivity (Wildman–Crippen MR) is 125 cm³/mol. The molecule has 0 amide bonds. The van der Waals surface area contributed by atoms with Crippen molar-refractivity contribution in [1.29, 1.82) is 0 Å². The number of nitrogens with zero attached hydrogens (tertiary/aromatic N) is 3. The number of hydrogen-bond donors (Lipinski definition) is 0. The number of benzene rings is 1. The standard InChI is InChI=1S/C24H31N3O4S/c1-5-26-16-22(21-10-11-23(30-4)25-24(21)26)18-12-14-27(15-13-18)32(28,29)20-8-6-19(7-9-20)31-17(2)3/h6-11,16-18H,5,12-15H2,1-4H3. The Morgan fingerprint density at radius 3 is 2.38 bits per heavy atom. The van der Waals surface area contributed by atoms with Gasteiger partial charge in [0.25, 0.3) is 0 Å². The highest BCUT2D eigenvalue weighted by atomic mass is 32.2. The third kappa shape index (κ3) is 4.34. The molecule has 32 heavy (non-hydrogen) atoms. The first-order valence-corrected chi connectivity index (χ1v) is 12.6. The molecule has 0 aliphatic carbocycles. The Bertz CT molecular complexity index is 1180. The second-order valence-electron chi connectivity index (χ2n) is 8.41. The zero-order valence-electron chi connectivity index (χ0n) is 19.1. The number of pyridine rings is 1. The van der Waals surface area contributed by atoms with Crippen LogP contribution in [0.5, 0.6) is 11.6 Å². The molecule has 4 rings (SSSR count). The van der Waals surface area contributed by atoms with E-state index in [0.29, 0.717) is 35.5 Å². The van der Waals surface area contributed by atoms with Gasteiger partial charge in [-0.25, -0.2) is 8.42 Å². The molecule has 8 heteroatoms. The topological polar surface area (TPSA) is 73.7 Å². The molecule has 0 N–H and O–H groups in total. The normalized spacial score (nSPS) is 16.0. The van der Waals surface area contributed by atoms with Crippen molar-refractivity contribution in [2.24, 2.45) is 0 Å². The number of sulfonamides is 1. The molecule has 0 radical (unpaired) electrons. The molecule has 1 saturated heterocycles. The molecule has 0 atom stereocenters. The Labute approximate surface area is 190 Å². The van der Waals surface area contributed by atoms with Gasteiger partial charge in [-0.3, -0.25) is 0 Å². The molecule has 7 nitrogen and oxygen atoms in total. The van der Waals surface area contributed by atoms with Crippen molar-refractivity contribution in [3.63, 3.8) is 0 Å². The van der Waals surface area contributed by atoms with Crippen molar-refractivity contribution < 1.29 is 17.9 Å². The molecule has 1 fully saturated rings. The number of rotatable bonds is 7. The van der Waals surface area contributed by atoms with Crippen LogP contribution in [0.1, 0.15) is 45.1 Å². The van der Waals surface area contributed by atoms with Gasteiger partial charge >= 0.3 is 0 Å². The Balaban J connectivity index is 1.50. The van der Waals surface area contributed by atoms with Gasteiger partial charge in [0, 0.05) is 37.3 Å². The summed E-state index contributed by atoms with van der Waals surface area (Å²) in [6, 6.07) is 10.7. The number of ether oxygens (including phenoxy) is 2. The number of aromatic nitrogens is 2. The third-order valence-electron chi connectivity index (χ3n) is 6.00. The van der Waals surface area contributed by atoms with Gasteiger partial charge in [-0.05, 0) is 75.4 Å². The molecule has 2 aromatic heterocycles. The van der Waals surface area contributed by atoms with Crippen LogP contribution in [0.15, 0.2) is 47.5 Å². The summed E-state index contributed by atoms with van der Waals surface area (Å²) in [5.41, 5.74) is 2.16. The van der Waals surface area contributed by atoms with Crippen molar-refractivity contribution >= 4 is 21.1 Å². The molecule has 0 unspecified atom stereocenters. The summed E-state index contributed by atoms with van der Waals surface area (Å²) in [6.07, 6.45) is 3.77. The molecule has 0 saturated carbocycles. The molecule has 3 aromatic rings. The molecule has 1 aliphatic rings. The van der Waals surface area contributed by atoms with Crippen LogP contribution in [0, 0.1) is 0 Å². The Kier molecular flexibility index (Phi) is 6.44. The van der Waals surface area contributed by atoms with E-state index in [0.717, 1.165) is 30.4 Å². The van der Waals surface area contributed by atoms with Crippen molar-refractivity contribution in [3.05, 3.63) is 48.2 Å². The highest BCUT2D eigenvalue weighted by Crippen LogP contribution is 2.36. The van der Waals surface area contributed by atoms with Gasteiger partial charge in [-0.2, -0.15) is 9.29 Å². The van der Waals surface area contributed by atoms with Gasteiger partial charge < -0.3 is 14.0 Å². The summed E-state index contributed by atoms with van der Waals surface area (Å²) in [4.78, 5) is 4.93. The minimum atomic E-state index is -3.52. The maximum Gasteiger partial charge on any atom is 0.243 e. The van der Waals surface area contributed by atoms with Crippen molar-refractivity contribution in [2.75, 3.05) is 20.2 Å². The van der Waals surface area contributed by atoms with E-state index in [1.54, 1.807) is 35.7 Å². The van der Waals surface area contributed by atoms with Crippen LogP contribution in [-0.2, 0) is 16.6 Å². The van der Waals surface area contributed by atoms with E-state index in [1.165, 1.54) is 5.56 Å². The zero-order valence-corrected chi connectivity index (χ0v) is 19.9. The van der Waals surface area contributed by atoms with E-state index >= 15 is 0 Å². The van der Waals surface area contributed by atoms with Gasteiger partial charge in [0.05, 0.1) is 18.1 Å². The van der Waals surface area contributed by atoms with Crippen molar-refractivity contribution in [1.82, 2.24) is 13.9 Å². The maximum atomic E-state index is 13.2. The fourth-order valence-corrected chi connectivity index (χ4v) is 5.84. The highest BCUT2D eigenvalue weighted by Gasteiger charge is 2.31. The molecule has 1 aliphatic heterocycles. The first-order valence-electron chi connectivity index (χ1n) is 11.1. The lowest BCUT2D eigenvalue weighted by Gasteiger charge is -2.31. The fraction of sp³-hybridized carbons (Fsp3) is 0.458. The van der Waals surface area contributed by atoms with Crippen LogP contribution >= 0.6 is 0 Å². The van der Waals surface area contributed by atoms with Crippen LogP contribution in [-0.4, -0.2) is 48.6 Å². The molecular formula is C24H31N3O4S. The van der Waals surface area contributed by atoms with E-state index in [9.17, 15) is 8.42 Å². The number of fused-ring (bicyclic) bond motifs is 1. The van der Waals surface area contributed by atoms with Gasteiger partial charge in [-0.1, -0.05) is 0 Å². The lowest BCUT2D eigenvalue weighted by molar-refractivity contribution is 0.242. The van der Waals surface area contributed by atoms with Crippen LogP contribution in [0.2, 0.25) is 0 Å². The summed E-state index contributed by atoms with van der Waals surface area (Å²) >= 11 is 0. The molecule has 172 valence electrons. The predicted octanol–water partition coefficient (Wildman–Crippen LogP) is 4.42. The van der Waals surface area contributed by atoms with E-state index in [1.807, 2.05) is 19.9 Å². The highest BCUT2D eigenvalue weighted by molar-refractivity contribution is 7.89. The number of methoxy groups -OCH3 is 1. The first-order chi connectivity index (χ1) is 15.3. The number of hydrogen-bond acceptors (Lipinski definition) is 5. The first kappa shape index (κ1) is 22.6. The molecular weight excluding hydrogens is 426 g/mol. The van der Waals surface area contributed by atoms with Crippen molar-refractivity contribution in [3.8, 4) is 11.6 Å². The molecule has 0 bridgehead atoms. The van der Waals surface area contributed by atoms with Crippen LogP contribution < -0.4 is 9.47 Å². The second kappa shape index (κ2) is 9.11. The van der Waals surface area contributed by atoms with Crippen LogP contribution in [0.3, 0.4) is 0 Å². The fourth-order valence-electron chi connectivity index (χ4n) is 4.37. The lowest BCUT2D eigenvalue weighted by Crippen LogP contribution is -2.37. The van der Waals surface area contributed by atoms with E-state index in [4.69, 9.17) is 9.47 Å². The second-order valence-corrected chi connectivity index (χ2v) is 10.3. The third-order valence-corrected chi connectivity index (χ3v) is 7.92. The molecule has 1 aromatic carbocycles. The Hall–Kier alpha value is -2.58.